The van der Waals surface area contributed by atoms with Crippen LogP contribution in [0.25, 0.3) is 10.2 Å². The molecule has 2 heterocycles. The minimum atomic E-state index is 0.798. The highest BCUT2D eigenvalue weighted by atomic mass is 79.9. The fraction of sp³-hybridized carbons (Fsp3) is 0. The summed E-state index contributed by atoms with van der Waals surface area (Å²) in [5.41, 5.74) is 1.01. The van der Waals surface area contributed by atoms with Gasteiger partial charge in [-0.15, -0.1) is 0 Å². The van der Waals surface area contributed by atoms with Crippen LogP contribution in [0.15, 0.2) is 47.1 Å². The van der Waals surface area contributed by atoms with Crippen molar-refractivity contribution in [2.45, 2.75) is 0 Å². The number of para-hydroxylation sites is 1. The molecule has 0 aliphatic rings. The molecule has 0 aliphatic carbocycles. The number of nitrogens with zero attached hydrogens (tertiary/aromatic N) is 2. The highest BCUT2D eigenvalue weighted by Gasteiger charge is 2.03. The highest BCUT2D eigenvalue weighted by Crippen LogP contribution is 2.27. The molecule has 1 N–H and O–H groups in total. The van der Waals surface area contributed by atoms with Gasteiger partial charge in [-0.3, -0.25) is 0 Å². The van der Waals surface area contributed by atoms with Crippen LogP contribution in [0.2, 0.25) is 0 Å². The van der Waals surface area contributed by atoms with Gasteiger partial charge in [0.1, 0.15) is 5.82 Å². The normalized spacial score (nSPS) is 10.6. The molecular formula is C12H8BrN3S. The van der Waals surface area contributed by atoms with Crippen molar-refractivity contribution in [3.05, 3.63) is 47.1 Å². The summed E-state index contributed by atoms with van der Waals surface area (Å²) in [4.78, 5) is 8.74. The molecule has 84 valence electrons. The standard InChI is InChI=1S/C12H8BrN3S/c13-8-5-6-11(14-7-8)16-12-15-9-3-1-2-4-10(9)17-12/h1-7H,(H,14,15,16). The van der Waals surface area contributed by atoms with E-state index in [0.717, 1.165) is 20.9 Å². The zero-order chi connectivity index (χ0) is 11.7. The van der Waals surface area contributed by atoms with E-state index < -0.39 is 0 Å². The van der Waals surface area contributed by atoms with E-state index >= 15 is 0 Å². The van der Waals surface area contributed by atoms with Gasteiger partial charge in [0.05, 0.1) is 10.2 Å². The molecule has 0 spiro atoms. The van der Waals surface area contributed by atoms with Gasteiger partial charge >= 0.3 is 0 Å². The Bertz CT molecular complexity index is 615. The van der Waals surface area contributed by atoms with Crippen LogP contribution in [0, 0.1) is 0 Å². The van der Waals surface area contributed by atoms with Crippen molar-refractivity contribution < 1.29 is 0 Å². The molecule has 3 nitrogen and oxygen atoms in total. The van der Waals surface area contributed by atoms with Crippen molar-refractivity contribution in [2.75, 3.05) is 5.32 Å². The minimum absolute atomic E-state index is 0.798. The number of pyridine rings is 1. The molecular weight excluding hydrogens is 298 g/mol. The Kier molecular flexibility index (Phi) is 2.78. The monoisotopic (exact) mass is 305 g/mol. The maximum Gasteiger partial charge on any atom is 0.189 e. The van der Waals surface area contributed by atoms with E-state index in [9.17, 15) is 0 Å². The summed E-state index contributed by atoms with van der Waals surface area (Å²) in [5.74, 6) is 0.798. The average Bonchev–Trinajstić information content (AvgIpc) is 2.74. The van der Waals surface area contributed by atoms with Gasteiger partial charge in [-0.1, -0.05) is 23.5 Å². The maximum absolute atomic E-state index is 4.49. The lowest BCUT2D eigenvalue weighted by Gasteiger charge is -2.00. The smallest absolute Gasteiger partial charge is 0.189 e. The molecule has 0 amide bonds. The number of benzene rings is 1. The van der Waals surface area contributed by atoms with E-state index in [1.54, 1.807) is 17.5 Å². The first-order chi connectivity index (χ1) is 8.31. The van der Waals surface area contributed by atoms with Gasteiger partial charge in [-0.05, 0) is 40.2 Å². The van der Waals surface area contributed by atoms with Gasteiger partial charge in [0.25, 0.3) is 0 Å². The summed E-state index contributed by atoms with van der Waals surface area (Å²) in [5, 5.41) is 4.06. The number of thiazole rings is 1. The molecule has 3 rings (SSSR count). The number of hydrogen-bond acceptors (Lipinski definition) is 4. The molecule has 0 aliphatic heterocycles. The van der Waals surface area contributed by atoms with Gasteiger partial charge in [0, 0.05) is 10.7 Å². The summed E-state index contributed by atoms with van der Waals surface area (Å²) < 4.78 is 2.14. The Morgan fingerprint density at radius 3 is 2.76 bits per heavy atom. The van der Waals surface area contributed by atoms with Crippen LogP contribution in [0.1, 0.15) is 0 Å². The first-order valence-corrected chi connectivity index (χ1v) is 6.66. The molecule has 0 radical (unpaired) electrons. The molecule has 0 unspecified atom stereocenters. The quantitative estimate of drug-likeness (QED) is 0.771. The lowest BCUT2D eigenvalue weighted by molar-refractivity contribution is 1.28. The lowest BCUT2D eigenvalue weighted by Crippen LogP contribution is -1.91. The summed E-state index contributed by atoms with van der Waals surface area (Å²) in [6, 6.07) is 11.9. The maximum atomic E-state index is 4.49. The van der Waals surface area contributed by atoms with E-state index in [1.807, 2.05) is 30.3 Å². The molecule has 0 bridgehead atoms. The molecule has 3 aromatic rings. The molecule has 1 aromatic carbocycles. The summed E-state index contributed by atoms with van der Waals surface area (Å²) in [7, 11) is 0. The predicted octanol–water partition coefficient (Wildman–Crippen LogP) is 4.20. The van der Waals surface area contributed by atoms with E-state index in [4.69, 9.17) is 0 Å². The number of halogens is 1. The largest absolute Gasteiger partial charge is 0.316 e. The van der Waals surface area contributed by atoms with Crippen molar-refractivity contribution in [1.29, 1.82) is 0 Å². The van der Waals surface area contributed by atoms with Gasteiger partial charge in [-0.2, -0.15) is 0 Å². The minimum Gasteiger partial charge on any atom is -0.316 e. The van der Waals surface area contributed by atoms with E-state index in [1.165, 1.54) is 4.70 Å². The van der Waals surface area contributed by atoms with Crippen molar-refractivity contribution in [3.8, 4) is 0 Å². The average molecular weight is 306 g/mol. The van der Waals surface area contributed by atoms with Gasteiger partial charge < -0.3 is 5.32 Å². The molecule has 0 saturated carbocycles. The van der Waals surface area contributed by atoms with Crippen LogP contribution in [-0.4, -0.2) is 9.97 Å². The number of rotatable bonds is 2. The topological polar surface area (TPSA) is 37.8 Å². The Labute approximate surface area is 111 Å². The Balaban J connectivity index is 1.92. The highest BCUT2D eigenvalue weighted by molar-refractivity contribution is 9.10. The first-order valence-electron chi connectivity index (χ1n) is 5.05. The van der Waals surface area contributed by atoms with E-state index in [2.05, 4.69) is 37.3 Å². The molecule has 0 atom stereocenters. The lowest BCUT2D eigenvalue weighted by atomic mass is 10.3. The Morgan fingerprint density at radius 2 is 2.00 bits per heavy atom. The van der Waals surface area contributed by atoms with Gasteiger partial charge in [0.15, 0.2) is 5.13 Å². The SMILES string of the molecule is Brc1ccc(Nc2nc3ccccc3s2)nc1. The Hall–Kier alpha value is -1.46. The van der Waals surface area contributed by atoms with Crippen LogP contribution in [0.3, 0.4) is 0 Å². The second-order valence-corrected chi connectivity index (χ2v) is 5.42. The second-order valence-electron chi connectivity index (χ2n) is 3.47. The predicted molar refractivity (Wildman–Crippen MR) is 74.8 cm³/mol. The second kappa shape index (κ2) is 4.43. The number of fused-ring (bicyclic) bond motifs is 1. The third-order valence-electron chi connectivity index (χ3n) is 2.26. The van der Waals surface area contributed by atoms with Crippen LogP contribution < -0.4 is 5.32 Å². The third kappa shape index (κ3) is 2.30. The number of hydrogen-bond donors (Lipinski definition) is 1. The number of anilines is 2. The summed E-state index contributed by atoms with van der Waals surface area (Å²) >= 11 is 4.98. The molecule has 17 heavy (non-hydrogen) atoms. The Morgan fingerprint density at radius 1 is 1.12 bits per heavy atom. The molecule has 5 heteroatoms. The van der Waals surface area contributed by atoms with E-state index in [-0.39, 0.29) is 0 Å². The molecule has 0 fully saturated rings. The first kappa shape index (κ1) is 10.7. The zero-order valence-electron chi connectivity index (χ0n) is 8.72. The van der Waals surface area contributed by atoms with Crippen molar-refractivity contribution in [1.82, 2.24) is 9.97 Å². The van der Waals surface area contributed by atoms with Crippen molar-refractivity contribution in [2.24, 2.45) is 0 Å². The van der Waals surface area contributed by atoms with Crippen molar-refractivity contribution in [3.63, 3.8) is 0 Å². The zero-order valence-corrected chi connectivity index (χ0v) is 11.1. The molecule has 2 aromatic heterocycles. The third-order valence-corrected chi connectivity index (χ3v) is 3.68. The van der Waals surface area contributed by atoms with Gasteiger partial charge in [-0.25, -0.2) is 9.97 Å². The van der Waals surface area contributed by atoms with Crippen LogP contribution >= 0.6 is 27.3 Å². The van der Waals surface area contributed by atoms with Crippen LogP contribution in [0.5, 0.6) is 0 Å². The van der Waals surface area contributed by atoms with Crippen molar-refractivity contribution >= 4 is 48.4 Å². The number of nitrogens with one attached hydrogen (secondary N) is 1. The van der Waals surface area contributed by atoms with Gasteiger partial charge in [0.2, 0.25) is 0 Å². The summed E-state index contributed by atoms with van der Waals surface area (Å²) in [6.07, 6.45) is 1.76. The summed E-state index contributed by atoms with van der Waals surface area (Å²) in [6.45, 7) is 0. The van der Waals surface area contributed by atoms with Crippen LogP contribution in [0.4, 0.5) is 10.9 Å². The molecule has 0 saturated heterocycles. The fourth-order valence-corrected chi connectivity index (χ4v) is 2.59. The van der Waals surface area contributed by atoms with Crippen LogP contribution in [-0.2, 0) is 0 Å². The fourth-order valence-electron chi connectivity index (χ4n) is 1.48. The van der Waals surface area contributed by atoms with E-state index in [0.29, 0.717) is 0 Å². The number of aromatic nitrogens is 2.